The Morgan fingerprint density at radius 3 is 2.67 bits per heavy atom. The van der Waals surface area contributed by atoms with Crippen LogP contribution in [0.1, 0.15) is 23.3 Å². The summed E-state index contributed by atoms with van der Waals surface area (Å²) in [5, 5.41) is 10.3. The highest BCUT2D eigenvalue weighted by Crippen LogP contribution is 2.18. The van der Waals surface area contributed by atoms with Gasteiger partial charge < -0.3 is 19.7 Å². The predicted octanol–water partition coefficient (Wildman–Crippen LogP) is 1.23. The van der Waals surface area contributed by atoms with E-state index in [2.05, 4.69) is 4.98 Å². The van der Waals surface area contributed by atoms with Gasteiger partial charge in [-0.15, -0.1) is 0 Å². The van der Waals surface area contributed by atoms with Crippen LogP contribution < -0.4 is 5.56 Å². The standard InChI is InChI=1S/C17H18N2O5/c20-15(21)10-19(12-5-7-24-8-6-12)17(23)14-9-11-3-1-2-4-13(11)16(22)18-14/h1-4,9,12H,5-8,10H2,(H,18,22)(H,20,21). The molecule has 126 valence electrons. The van der Waals surface area contributed by atoms with Gasteiger partial charge in [0.15, 0.2) is 0 Å². The fourth-order valence-electron chi connectivity index (χ4n) is 2.99. The Kier molecular flexibility index (Phi) is 4.61. The minimum atomic E-state index is -1.09. The Morgan fingerprint density at radius 2 is 1.96 bits per heavy atom. The number of aromatic nitrogens is 1. The van der Waals surface area contributed by atoms with E-state index in [-0.39, 0.29) is 17.3 Å². The molecule has 1 amide bonds. The monoisotopic (exact) mass is 330 g/mol. The third-order valence-electron chi connectivity index (χ3n) is 4.18. The van der Waals surface area contributed by atoms with Gasteiger partial charge in [0.2, 0.25) is 0 Å². The molecule has 1 aliphatic heterocycles. The molecule has 0 bridgehead atoms. The van der Waals surface area contributed by atoms with Crippen molar-refractivity contribution in [2.45, 2.75) is 18.9 Å². The first-order valence-corrected chi connectivity index (χ1v) is 7.79. The van der Waals surface area contributed by atoms with E-state index in [1.54, 1.807) is 30.3 Å². The summed E-state index contributed by atoms with van der Waals surface area (Å²) in [6.07, 6.45) is 1.16. The molecule has 0 spiro atoms. The number of fused-ring (bicyclic) bond motifs is 1. The molecule has 2 N–H and O–H groups in total. The van der Waals surface area contributed by atoms with Crippen LogP contribution in [-0.4, -0.2) is 52.7 Å². The first-order valence-electron chi connectivity index (χ1n) is 7.79. The second-order valence-corrected chi connectivity index (χ2v) is 5.77. The fraction of sp³-hybridized carbons (Fsp3) is 0.353. The molecule has 0 aliphatic carbocycles. The summed E-state index contributed by atoms with van der Waals surface area (Å²) in [6.45, 7) is 0.572. The number of aromatic amines is 1. The van der Waals surface area contributed by atoms with Crippen molar-refractivity contribution in [3.63, 3.8) is 0 Å². The highest BCUT2D eigenvalue weighted by molar-refractivity contribution is 5.97. The molecule has 1 aromatic heterocycles. The maximum absolute atomic E-state index is 12.8. The average molecular weight is 330 g/mol. The molecule has 24 heavy (non-hydrogen) atoms. The zero-order valence-electron chi connectivity index (χ0n) is 13.0. The first kappa shape index (κ1) is 16.2. The summed E-state index contributed by atoms with van der Waals surface area (Å²) < 4.78 is 5.27. The van der Waals surface area contributed by atoms with E-state index in [0.29, 0.717) is 36.8 Å². The number of carboxylic acids is 1. The Balaban J connectivity index is 1.97. The minimum Gasteiger partial charge on any atom is -0.480 e. The molecular formula is C17H18N2O5. The number of hydrogen-bond donors (Lipinski definition) is 2. The Morgan fingerprint density at radius 1 is 1.25 bits per heavy atom. The van der Waals surface area contributed by atoms with Crippen LogP contribution in [-0.2, 0) is 9.53 Å². The second kappa shape index (κ2) is 6.84. The van der Waals surface area contributed by atoms with Gasteiger partial charge in [0, 0.05) is 24.6 Å². The van der Waals surface area contributed by atoms with Crippen LogP contribution in [0.5, 0.6) is 0 Å². The smallest absolute Gasteiger partial charge is 0.323 e. The van der Waals surface area contributed by atoms with Crippen molar-refractivity contribution < 1.29 is 19.4 Å². The van der Waals surface area contributed by atoms with Gasteiger partial charge in [-0.3, -0.25) is 14.4 Å². The van der Waals surface area contributed by atoms with Gasteiger partial charge in [0.1, 0.15) is 12.2 Å². The van der Waals surface area contributed by atoms with Gasteiger partial charge in [0.05, 0.1) is 0 Å². The molecule has 1 aromatic carbocycles. The number of H-pyrrole nitrogens is 1. The number of ether oxygens (including phenoxy) is 1. The van der Waals surface area contributed by atoms with Gasteiger partial charge in [-0.25, -0.2) is 0 Å². The summed E-state index contributed by atoms with van der Waals surface area (Å²) in [5.74, 6) is -1.56. The summed E-state index contributed by atoms with van der Waals surface area (Å²) in [5.41, 5.74) is -0.259. The summed E-state index contributed by atoms with van der Waals surface area (Å²) in [4.78, 5) is 40.0. The van der Waals surface area contributed by atoms with Crippen LogP contribution in [0.15, 0.2) is 35.1 Å². The molecule has 0 saturated carbocycles. The van der Waals surface area contributed by atoms with Gasteiger partial charge >= 0.3 is 5.97 Å². The predicted molar refractivity (Wildman–Crippen MR) is 87.1 cm³/mol. The van der Waals surface area contributed by atoms with E-state index in [9.17, 15) is 14.4 Å². The van der Waals surface area contributed by atoms with Crippen molar-refractivity contribution in [2.24, 2.45) is 0 Å². The highest BCUT2D eigenvalue weighted by Gasteiger charge is 2.29. The van der Waals surface area contributed by atoms with Crippen LogP contribution in [0.2, 0.25) is 0 Å². The van der Waals surface area contributed by atoms with Crippen LogP contribution >= 0.6 is 0 Å². The van der Waals surface area contributed by atoms with E-state index in [1.807, 2.05) is 0 Å². The van der Waals surface area contributed by atoms with Crippen molar-refractivity contribution in [1.82, 2.24) is 9.88 Å². The molecular weight excluding hydrogens is 312 g/mol. The molecule has 3 rings (SSSR count). The third-order valence-corrected chi connectivity index (χ3v) is 4.18. The van der Waals surface area contributed by atoms with E-state index in [4.69, 9.17) is 9.84 Å². The quantitative estimate of drug-likeness (QED) is 0.878. The van der Waals surface area contributed by atoms with Crippen LogP contribution in [0.4, 0.5) is 0 Å². The zero-order chi connectivity index (χ0) is 17.1. The molecule has 7 heteroatoms. The number of amides is 1. The Labute approximate surface area is 137 Å². The fourth-order valence-corrected chi connectivity index (χ4v) is 2.99. The zero-order valence-corrected chi connectivity index (χ0v) is 13.0. The number of carboxylic acid groups (broad SMARTS) is 1. The molecule has 0 unspecified atom stereocenters. The lowest BCUT2D eigenvalue weighted by atomic mass is 10.1. The Bertz CT molecular complexity index is 823. The maximum atomic E-state index is 12.8. The van der Waals surface area contributed by atoms with Gasteiger partial charge in [-0.1, -0.05) is 18.2 Å². The minimum absolute atomic E-state index is 0.103. The lowest BCUT2D eigenvalue weighted by Gasteiger charge is -2.33. The molecule has 7 nitrogen and oxygen atoms in total. The highest BCUT2D eigenvalue weighted by atomic mass is 16.5. The molecule has 1 aliphatic rings. The number of nitrogens with one attached hydrogen (secondary N) is 1. The van der Waals surface area contributed by atoms with Gasteiger partial charge in [-0.2, -0.15) is 0 Å². The lowest BCUT2D eigenvalue weighted by molar-refractivity contribution is -0.138. The van der Waals surface area contributed by atoms with Crippen molar-refractivity contribution in [3.8, 4) is 0 Å². The van der Waals surface area contributed by atoms with Crippen LogP contribution in [0.25, 0.3) is 10.8 Å². The summed E-state index contributed by atoms with van der Waals surface area (Å²) in [7, 11) is 0. The molecule has 1 fully saturated rings. The number of nitrogens with zero attached hydrogens (tertiary/aromatic N) is 1. The van der Waals surface area contributed by atoms with Crippen molar-refractivity contribution >= 4 is 22.6 Å². The number of benzene rings is 1. The number of pyridine rings is 1. The van der Waals surface area contributed by atoms with E-state index < -0.39 is 18.4 Å². The summed E-state index contributed by atoms with van der Waals surface area (Å²) in [6, 6.07) is 8.33. The summed E-state index contributed by atoms with van der Waals surface area (Å²) >= 11 is 0. The van der Waals surface area contributed by atoms with Crippen LogP contribution in [0, 0.1) is 0 Å². The van der Waals surface area contributed by atoms with Crippen molar-refractivity contribution in [2.75, 3.05) is 19.8 Å². The molecule has 2 heterocycles. The van der Waals surface area contributed by atoms with Crippen molar-refractivity contribution in [3.05, 3.63) is 46.4 Å². The largest absolute Gasteiger partial charge is 0.480 e. The average Bonchev–Trinajstić information content (AvgIpc) is 2.59. The number of hydrogen-bond acceptors (Lipinski definition) is 4. The normalized spacial score (nSPS) is 15.3. The lowest BCUT2D eigenvalue weighted by Crippen LogP contribution is -2.46. The number of rotatable bonds is 4. The maximum Gasteiger partial charge on any atom is 0.323 e. The van der Waals surface area contributed by atoms with E-state index in [0.717, 1.165) is 0 Å². The van der Waals surface area contributed by atoms with E-state index in [1.165, 1.54) is 4.90 Å². The Hall–Kier alpha value is -2.67. The molecule has 0 radical (unpaired) electrons. The molecule has 1 saturated heterocycles. The third kappa shape index (κ3) is 3.30. The van der Waals surface area contributed by atoms with Gasteiger partial charge in [0.25, 0.3) is 11.5 Å². The second-order valence-electron chi connectivity index (χ2n) is 5.77. The topological polar surface area (TPSA) is 99.7 Å². The molecule has 2 aromatic rings. The van der Waals surface area contributed by atoms with Crippen molar-refractivity contribution in [1.29, 1.82) is 0 Å². The number of carbonyl (C=O) groups excluding carboxylic acids is 1. The number of carbonyl (C=O) groups is 2. The first-order chi connectivity index (χ1) is 11.6. The van der Waals surface area contributed by atoms with E-state index >= 15 is 0 Å². The van der Waals surface area contributed by atoms with Gasteiger partial charge in [-0.05, 0) is 30.4 Å². The number of aliphatic carboxylic acids is 1. The molecule has 0 atom stereocenters. The van der Waals surface area contributed by atoms with Crippen LogP contribution in [0.3, 0.4) is 0 Å². The SMILES string of the molecule is O=C(O)CN(C(=O)c1cc2ccccc2c(=O)[nH]1)C1CCOCC1.